The van der Waals surface area contributed by atoms with Crippen molar-refractivity contribution in [3.63, 3.8) is 0 Å². The lowest BCUT2D eigenvalue weighted by atomic mass is 10.2. The van der Waals surface area contributed by atoms with Gasteiger partial charge in [-0.1, -0.05) is 23.2 Å². The maximum absolute atomic E-state index is 5.93. The zero-order valence-corrected chi connectivity index (χ0v) is 11.2. The topological polar surface area (TPSA) is 47.3 Å². The Morgan fingerprint density at radius 2 is 1.72 bits per heavy atom. The van der Waals surface area contributed by atoms with Gasteiger partial charge in [0, 0.05) is 21.8 Å². The van der Waals surface area contributed by atoms with Gasteiger partial charge < -0.3 is 15.8 Å². The summed E-state index contributed by atoms with van der Waals surface area (Å²) in [6.07, 6.45) is 0. The maximum atomic E-state index is 5.93. The molecule has 3 nitrogen and oxygen atoms in total. The van der Waals surface area contributed by atoms with E-state index >= 15 is 0 Å². The van der Waals surface area contributed by atoms with Crippen LogP contribution < -0.4 is 15.8 Å². The van der Waals surface area contributed by atoms with E-state index in [9.17, 15) is 0 Å². The summed E-state index contributed by atoms with van der Waals surface area (Å²) >= 11 is 11.9. The third kappa shape index (κ3) is 3.00. The predicted molar refractivity (Wildman–Crippen MR) is 77.2 cm³/mol. The van der Waals surface area contributed by atoms with Crippen molar-refractivity contribution in [2.45, 2.75) is 0 Å². The van der Waals surface area contributed by atoms with Crippen molar-refractivity contribution in [3.8, 4) is 5.75 Å². The third-order valence-corrected chi connectivity index (χ3v) is 2.84. The molecule has 0 radical (unpaired) electrons. The largest absolute Gasteiger partial charge is 0.497 e. The predicted octanol–water partition coefficient (Wildman–Crippen LogP) is 4.33. The van der Waals surface area contributed by atoms with Crippen molar-refractivity contribution in [2.24, 2.45) is 0 Å². The average Bonchev–Trinajstić information content (AvgIpc) is 2.30. The minimum atomic E-state index is 0.562. The molecule has 0 heterocycles. The number of methoxy groups -OCH3 is 1. The van der Waals surface area contributed by atoms with Gasteiger partial charge in [0.2, 0.25) is 0 Å². The van der Waals surface area contributed by atoms with Gasteiger partial charge in [-0.3, -0.25) is 0 Å². The van der Waals surface area contributed by atoms with E-state index in [4.69, 9.17) is 33.7 Å². The second kappa shape index (κ2) is 5.38. The van der Waals surface area contributed by atoms with E-state index in [0.717, 1.165) is 17.1 Å². The van der Waals surface area contributed by atoms with E-state index in [1.807, 2.05) is 6.07 Å². The summed E-state index contributed by atoms with van der Waals surface area (Å²) in [4.78, 5) is 0. The van der Waals surface area contributed by atoms with Gasteiger partial charge in [-0.15, -0.1) is 0 Å². The Labute approximate surface area is 115 Å². The summed E-state index contributed by atoms with van der Waals surface area (Å²) in [5.41, 5.74) is 8.02. The molecule has 0 amide bonds. The molecule has 0 aliphatic carbocycles. The van der Waals surface area contributed by atoms with Gasteiger partial charge in [0.05, 0.1) is 18.5 Å². The minimum Gasteiger partial charge on any atom is -0.497 e. The number of nitrogen functional groups attached to an aromatic ring is 1. The lowest BCUT2D eigenvalue weighted by Crippen LogP contribution is -1.97. The molecular formula is C13H12Cl2N2O. The molecule has 0 spiro atoms. The lowest BCUT2D eigenvalue weighted by molar-refractivity contribution is 0.415. The highest BCUT2D eigenvalue weighted by Crippen LogP contribution is 2.30. The molecule has 0 bridgehead atoms. The highest BCUT2D eigenvalue weighted by molar-refractivity contribution is 6.35. The molecule has 2 aromatic rings. The van der Waals surface area contributed by atoms with Crippen LogP contribution in [0.5, 0.6) is 5.75 Å². The van der Waals surface area contributed by atoms with Crippen LogP contribution in [0.25, 0.3) is 0 Å². The van der Waals surface area contributed by atoms with Crippen molar-refractivity contribution in [2.75, 3.05) is 18.2 Å². The number of benzene rings is 2. The Morgan fingerprint density at radius 3 is 2.33 bits per heavy atom. The normalized spacial score (nSPS) is 10.2. The highest BCUT2D eigenvalue weighted by Gasteiger charge is 2.04. The van der Waals surface area contributed by atoms with Gasteiger partial charge in [0.15, 0.2) is 0 Å². The molecule has 3 N–H and O–H groups in total. The van der Waals surface area contributed by atoms with Gasteiger partial charge in [-0.05, 0) is 30.3 Å². The van der Waals surface area contributed by atoms with Crippen molar-refractivity contribution < 1.29 is 4.74 Å². The summed E-state index contributed by atoms with van der Waals surface area (Å²) < 4.78 is 5.15. The number of ether oxygens (including phenoxy) is 1. The number of hydrogen-bond donors (Lipinski definition) is 2. The minimum absolute atomic E-state index is 0.562. The summed E-state index contributed by atoms with van der Waals surface area (Å²) in [6, 6.07) is 10.6. The van der Waals surface area contributed by atoms with Crippen LogP contribution in [0.3, 0.4) is 0 Å². The number of anilines is 3. The molecule has 0 aromatic heterocycles. The van der Waals surface area contributed by atoms with Crippen LogP contribution >= 0.6 is 23.2 Å². The average molecular weight is 283 g/mol. The molecule has 0 atom stereocenters. The summed E-state index contributed by atoms with van der Waals surface area (Å²) in [7, 11) is 1.60. The number of nitrogens with one attached hydrogen (secondary N) is 1. The molecule has 94 valence electrons. The van der Waals surface area contributed by atoms with Crippen LogP contribution in [0.15, 0.2) is 36.4 Å². The van der Waals surface area contributed by atoms with E-state index in [-0.39, 0.29) is 0 Å². The maximum Gasteiger partial charge on any atom is 0.121 e. The summed E-state index contributed by atoms with van der Waals surface area (Å²) in [6.45, 7) is 0. The molecule has 2 rings (SSSR count). The molecule has 18 heavy (non-hydrogen) atoms. The third-order valence-electron chi connectivity index (χ3n) is 2.40. The number of nitrogens with two attached hydrogens (primary N) is 1. The van der Waals surface area contributed by atoms with Crippen LogP contribution in [-0.2, 0) is 0 Å². The quantitative estimate of drug-likeness (QED) is 0.824. The molecule has 2 aromatic carbocycles. The van der Waals surface area contributed by atoms with Gasteiger partial charge in [-0.2, -0.15) is 0 Å². The van der Waals surface area contributed by atoms with Crippen molar-refractivity contribution >= 4 is 40.3 Å². The molecule has 0 aliphatic rings. The fourth-order valence-electron chi connectivity index (χ4n) is 1.55. The SMILES string of the molecule is COc1ccc(N)c(Nc2cc(Cl)cc(Cl)c2)c1. The zero-order valence-electron chi connectivity index (χ0n) is 9.71. The fourth-order valence-corrected chi connectivity index (χ4v) is 2.08. The number of hydrogen-bond acceptors (Lipinski definition) is 3. The summed E-state index contributed by atoms with van der Waals surface area (Å²) in [5.74, 6) is 0.722. The van der Waals surface area contributed by atoms with E-state index in [2.05, 4.69) is 5.32 Å². The number of halogens is 2. The van der Waals surface area contributed by atoms with E-state index < -0.39 is 0 Å². The molecule has 0 saturated heterocycles. The second-order valence-electron chi connectivity index (χ2n) is 3.74. The first-order valence-corrected chi connectivity index (χ1v) is 6.01. The molecule has 0 aliphatic heterocycles. The first kappa shape index (κ1) is 12.9. The molecular weight excluding hydrogens is 271 g/mol. The Hall–Kier alpha value is -1.58. The Morgan fingerprint density at radius 1 is 1.06 bits per heavy atom. The molecule has 0 saturated carbocycles. The number of rotatable bonds is 3. The Bertz CT molecular complexity index is 553. The monoisotopic (exact) mass is 282 g/mol. The van der Waals surface area contributed by atoms with Crippen LogP contribution in [0.1, 0.15) is 0 Å². The van der Waals surface area contributed by atoms with Crippen LogP contribution in [0, 0.1) is 0 Å². The van der Waals surface area contributed by atoms with E-state index in [1.165, 1.54) is 0 Å². The smallest absolute Gasteiger partial charge is 0.121 e. The molecule has 5 heteroatoms. The lowest BCUT2D eigenvalue weighted by Gasteiger charge is -2.11. The van der Waals surface area contributed by atoms with Gasteiger partial charge >= 0.3 is 0 Å². The van der Waals surface area contributed by atoms with E-state index in [1.54, 1.807) is 37.4 Å². The first-order valence-electron chi connectivity index (χ1n) is 5.25. The second-order valence-corrected chi connectivity index (χ2v) is 4.61. The zero-order chi connectivity index (χ0) is 13.1. The highest BCUT2D eigenvalue weighted by atomic mass is 35.5. The van der Waals surface area contributed by atoms with E-state index in [0.29, 0.717) is 15.7 Å². The Kier molecular flexibility index (Phi) is 3.84. The Balaban J connectivity index is 2.33. The van der Waals surface area contributed by atoms with Crippen LogP contribution in [0.2, 0.25) is 10.0 Å². The molecule has 0 unspecified atom stereocenters. The fraction of sp³-hybridized carbons (Fsp3) is 0.0769. The first-order chi connectivity index (χ1) is 8.58. The van der Waals surface area contributed by atoms with Crippen LogP contribution in [0.4, 0.5) is 17.1 Å². The van der Waals surface area contributed by atoms with Crippen LogP contribution in [-0.4, -0.2) is 7.11 Å². The van der Waals surface area contributed by atoms with Gasteiger partial charge in [0.1, 0.15) is 5.75 Å². The summed E-state index contributed by atoms with van der Waals surface area (Å²) in [5, 5.41) is 4.28. The molecule has 0 fully saturated rings. The van der Waals surface area contributed by atoms with Crippen molar-refractivity contribution in [3.05, 3.63) is 46.4 Å². The van der Waals surface area contributed by atoms with Crippen molar-refractivity contribution in [1.82, 2.24) is 0 Å². The van der Waals surface area contributed by atoms with Crippen molar-refractivity contribution in [1.29, 1.82) is 0 Å². The van der Waals surface area contributed by atoms with Gasteiger partial charge in [0.25, 0.3) is 0 Å². The standard InChI is InChI=1S/C13H12Cl2N2O/c1-18-11-2-3-12(16)13(7-11)17-10-5-8(14)4-9(15)6-10/h2-7,17H,16H2,1H3. The van der Waals surface area contributed by atoms with Gasteiger partial charge in [-0.25, -0.2) is 0 Å².